The van der Waals surface area contributed by atoms with Crippen LogP contribution in [-0.4, -0.2) is 57.8 Å². The highest BCUT2D eigenvalue weighted by molar-refractivity contribution is 8.26. The number of amides is 3. The molecule has 10 nitrogen and oxygen atoms in total. The van der Waals surface area contributed by atoms with E-state index in [0.717, 1.165) is 28.0 Å². The van der Waals surface area contributed by atoms with E-state index in [1.54, 1.807) is 38.1 Å². The third kappa shape index (κ3) is 6.18. The maximum Gasteiger partial charge on any atom is 0.341 e. The fourth-order valence-corrected chi connectivity index (χ4v) is 4.78. The molecule has 3 rings (SSSR count). The smallest absolute Gasteiger partial charge is 0.341 e. The number of esters is 2. The Morgan fingerprint density at radius 1 is 1.09 bits per heavy atom. The van der Waals surface area contributed by atoms with Crippen LogP contribution in [-0.2, 0) is 23.9 Å². The van der Waals surface area contributed by atoms with Gasteiger partial charge in [0.25, 0.3) is 5.91 Å². The Balaban J connectivity index is 1.85. The van der Waals surface area contributed by atoms with Crippen LogP contribution in [0, 0.1) is 0 Å². The molecule has 0 atom stereocenters. The number of anilines is 2. The Kier molecular flexibility index (Phi) is 8.73. The van der Waals surface area contributed by atoms with Crippen molar-refractivity contribution in [3.8, 4) is 0 Å². The molecule has 2 aromatic rings. The van der Waals surface area contributed by atoms with E-state index in [9.17, 15) is 19.2 Å². The molecule has 2 N–H and O–H groups in total. The van der Waals surface area contributed by atoms with Gasteiger partial charge in [-0.1, -0.05) is 42.2 Å². The summed E-state index contributed by atoms with van der Waals surface area (Å²) in [6.07, 6.45) is 0. The monoisotopic (exact) mass is 520 g/mol. The number of benzene rings is 1. The molecular weight excluding hydrogens is 500 g/mol. The topological polar surface area (TPSA) is 127 Å². The summed E-state index contributed by atoms with van der Waals surface area (Å²) in [7, 11) is 0. The molecule has 0 spiro atoms. The largest absolute Gasteiger partial charge is 0.465 e. The number of nitrogens with one attached hydrogen (secondary N) is 2. The van der Waals surface area contributed by atoms with E-state index in [1.165, 1.54) is 5.38 Å². The van der Waals surface area contributed by atoms with Gasteiger partial charge in [-0.05, 0) is 26.0 Å². The fourth-order valence-electron chi connectivity index (χ4n) is 2.77. The standard InChI is InChI=1S/C21H20N4O6S3/c1-3-30-14(26)10-25-17(27)16(34-21(25)32)15(18(28)31-4-2)13-11-33-20(23-13)24-19(29)22-12-8-6-5-7-9-12/h5-9,11H,3-4,10H2,1-2H3,(H2,22,23,24,29). The van der Waals surface area contributed by atoms with Gasteiger partial charge < -0.3 is 14.8 Å². The molecule has 2 heterocycles. The van der Waals surface area contributed by atoms with Crippen LogP contribution in [0.3, 0.4) is 0 Å². The average Bonchev–Trinajstić information content (AvgIpc) is 3.35. The second kappa shape index (κ2) is 11.7. The summed E-state index contributed by atoms with van der Waals surface area (Å²) >= 11 is 7.17. The SMILES string of the molecule is CCOC(=O)CN1C(=O)C(=C(C(=O)OCC)c2csc(NC(=O)Nc3ccccc3)n2)SC1=S. The highest BCUT2D eigenvalue weighted by Gasteiger charge is 2.39. The van der Waals surface area contributed by atoms with Crippen molar-refractivity contribution in [2.75, 3.05) is 30.4 Å². The molecule has 0 saturated carbocycles. The Hall–Kier alpha value is -3.29. The van der Waals surface area contributed by atoms with E-state index in [4.69, 9.17) is 21.7 Å². The lowest BCUT2D eigenvalue weighted by atomic mass is 10.2. The van der Waals surface area contributed by atoms with Gasteiger partial charge in [-0.15, -0.1) is 11.3 Å². The normalized spacial score (nSPS) is 14.6. The van der Waals surface area contributed by atoms with Crippen LogP contribution >= 0.6 is 35.3 Å². The summed E-state index contributed by atoms with van der Waals surface area (Å²) in [6, 6.07) is 8.31. The highest BCUT2D eigenvalue weighted by Crippen LogP contribution is 2.38. The quantitative estimate of drug-likeness (QED) is 0.305. The lowest BCUT2D eigenvalue weighted by molar-refractivity contribution is -0.145. The van der Waals surface area contributed by atoms with Crippen LogP contribution in [0.1, 0.15) is 19.5 Å². The number of urea groups is 1. The van der Waals surface area contributed by atoms with Gasteiger partial charge in [-0.3, -0.25) is 19.8 Å². The average molecular weight is 521 g/mol. The van der Waals surface area contributed by atoms with Gasteiger partial charge in [0, 0.05) is 11.1 Å². The Bertz CT molecular complexity index is 1150. The predicted molar refractivity (Wildman–Crippen MR) is 133 cm³/mol. The summed E-state index contributed by atoms with van der Waals surface area (Å²) in [5, 5.41) is 6.97. The zero-order chi connectivity index (χ0) is 24.7. The molecule has 178 valence electrons. The molecule has 1 aromatic carbocycles. The highest BCUT2D eigenvalue weighted by atomic mass is 32.2. The summed E-state index contributed by atoms with van der Waals surface area (Å²) < 4.78 is 10.1. The summed E-state index contributed by atoms with van der Waals surface area (Å²) in [6.45, 7) is 3.13. The van der Waals surface area contributed by atoms with E-state index in [1.807, 2.05) is 6.07 Å². The van der Waals surface area contributed by atoms with Crippen molar-refractivity contribution in [3.05, 3.63) is 46.3 Å². The number of para-hydroxylation sites is 1. The zero-order valence-corrected chi connectivity index (χ0v) is 20.6. The van der Waals surface area contributed by atoms with Gasteiger partial charge in [0.15, 0.2) is 5.13 Å². The maximum absolute atomic E-state index is 13.0. The minimum absolute atomic E-state index is 0.0154. The van der Waals surface area contributed by atoms with Gasteiger partial charge >= 0.3 is 18.0 Å². The number of rotatable bonds is 8. The number of carbonyl (C=O) groups excluding carboxylic acids is 4. The zero-order valence-electron chi connectivity index (χ0n) is 18.2. The van der Waals surface area contributed by atoms with Gasteiger partial charge in [0.2, 0.25) is 0 Å². The third-order valence-electron chi connectivity index (χ3n) is 4.16. The second-order valence-corrected chi connectivity index (χ2v) is 8.97. The van der Waals surface area contributed by atoms with E-state index in [-0.39, 0.29) is 45.4 Å². The molecule has 13 heteroatoms. The first-order valence-corrected chi connectivity index (χ1v) is 12.1. The van der Waals surface area contributed by atoms with Crippen LogP contribution in [0.2, 0.25) is 0 Å². The molecular formula is C21H20N4O6S3. The minimum Gasteiger partial charge on any atom is -0.465 e. The van der Waals surface area contributed by atoms with Crippen molar-refractivity contribution in [3.63, 3.8) is 0 Å². The van der Waals surface area contributed by atoms with E-state index < -0.39 is 23.9 Å². The van der Waals surface area contributed by atoms with Crippen molar-refractivity contribution >= 4 is 79.9 Å². The van der Waals surface area contributed by atoms with Gasteiger partial charge in [0.05, 0.1) is 23.8 Å². The van der Waals surface area contributed by atoms with Crippen LogP contribution in [0.25, 0.3) is 5.57 Å². The van der Waals surface area contributed by atoms with Gasteiger partial charge in [0.1, 0.15) is 16.4 Å². The van der Waals surface area contributed by atoms with Crippen molar-refractivity contribution in [2.45, 2.75) is 13.8 Å². The van der Waals surface area contributed by atoms with Crippen molar-refractivity contribution in [2.24, 2.45) is 0 Å². The summed E-state index contributed by atoms with van der Waals surface area (Å²) in [5.41, 5.74) is 0.627. The van der Waals surface area contributed by atoms with Crippen LogP contribution in [0.15, 0.2) is 40.6 Å². The summed E-state index contributed by atoms with van der Waals surface area (Å²) in [5.74, 6) is -2.03. The number of hydrogen-bond acceptors (Lipinski definition) is 10. The van der Waals surface area contributed by atoms with E-state index >= 15 is 0 Å². The van der Waals surface area contributed by atoms with E-state index in [2.05, 4.69) is 15.6 Å². The molecule has 1 aromatic heterocycles. The number of thioether (sulfide) groups is 1. The van der Waals surface area contributed by atoms with Crippen molar-refractivity contribution in [1.29, 1.82) is 0 Å². The van der Waals surface area contributed by atoms with Crippen molar-refractivity contribution in [1.82, 2.24) is 9.88 Å². The predicted octanol–water partition coefficient (Wildman–Crippen LogP) is 3.48. The lowest BCUT2D eigenvalue weighted by Gasteiger charge is -2.13. The van der Waals surface area contributed by atoms with Gasteiger partial charge in [-0.25, -0.2) is 14.6 Å². The molecule has 0 unspecified atom stereocenters. The molecule has 0 radical (unpaired) electrons. The molecule has 3 amide bonds. The van der Waals surface area contributed by atoms with Crippen molar-refractivity contribution < 1.29 is 28.7 Å². The molecule has 1 fully saturated rings. The molecule has 34 heavy (non-hydrogen) atoms. The Morgan fingerprint density at radius 2 is 1.79 bits per heavy atom. The number of thiocarbonyl (C=S) groups is 1. The molecule has 1 aliphatic rings. The molecule has 0 aliphatic carbocycles. The van der Waals surface area contributed by atoms with Gasteiger partial charge in [-0.2, -0.15) is 0 Å². The molecule has 1 saturated heterocycles. The number of ether oxygens (including phenoxy) is 2. The second-order valence-electron chi connectivity index (χ2n) is 6.47. The van der Waals surface area contributed by atoms with E-state index in [0.29, 0.717) is 5.69 Å². The first-order valence-electron chi connectivity index (χ1n) is 10.0. The fraction of sp³-hybridized carbons (Fsp3) is 0.238. The summed E-state index contributed by atoms with van der Waals surface area (Å²) in [4.78, 5) is 55.2. The number of aromatic nitrogens is 1. The number of hydrogen-bond donors (Lipinski definition) is 2. The lowest BCUT2D eigenvalue weighted by Crippen LogP contribution is -2.34. The first kappa shape index (κ1) is 25.3. The molecule has 1 aliphatic heterocycles. The third-order valence-corrected chi connectivity index (χ3v) is 6.37. The van der Waals surface area contributed by atoms with Crippen LogP contribution in [0.5, 0.6) is 0 Å². The minimum atomic E-state index is -0.773. The maximum atomic E-state index is 13.0. The number of thiazole rings is 1. The van der Waals surface area contributed by atoms with Crippen LogP contribution < -0.4 is 10.6 Å². The Labute approximate surface area is 208 Å². The molecule has 0 bridgehead atoms. The van der Waals surface area contributed by atoms with Crippen LogP contribution in [0.4, 0.5) is 15.6 Å². The number of carbonyl (C=O) groups is 4. The Morgan fingerprint density at radius 3 is 2.47 bits per heavy atom. The number of nitrogens with zero attached hydrogens (tertiary/aromatic N) is 2. The first-order chi connectivity index (χ1) is 16.3.